The van der Waals surface area contributed by atoms with Crippen LogP contribution in [0, 0.1) is 5.92 Å². The fourth-order valence-electron chi connectivity index (χ4n) is 1.34. The first kappa shape index (κ1) is 14.9. The highest BCUT2D eigenvalue weighted by atomic mass is 19.4. The van der Waals surface area contributed by atoms with Gasteiger partial charge in [0, 0.05) is 0 Å². The van der Waals surface area contributed by atoms with E-state index in [1.165, 1.54) is 0 Å². The number of ether oxygens (including phenoxy) is 1. The lowest BCUT2D eigenvalue weighted by Crippen LogP contribution is -2.17. The summed E-state index contributed by atoms with van der Waals surface area (Å²) in [5.74, 6) is 0.639. The normalized spacial score (nSPS) is 14.2. The van der Waals surface area contributed by atoms with Gasteiger partial charge in [0.2, 0.25) is 5.89 Å². The Balaban J connectivity index is 2.43. The zero-order valence-corrected chi connectivity index (χ0v) is 10.2. The van der Waals surface area contributed by atoms with Gasteiger partial charge in [0.15, 0.2) is 5.82 Å². The Kier molecular flexibility index (Phi) is 5.09. The van der Waals surface area contributed by atoms with Gasteiger partial charge in [-0.1, -0.05) is 19.0 Å². The molecule has 1 atom stereocenters. The van der Waals surface area contributed by atoms with Crippen LogP contribution in [0.1, 0.15) is 38.0 Å². The topological polar surface area (TPSA) is 74.2 Å². The van der Waals surface area contributed by atoms with Crippen LogP contribution in [0.5, 0.6) is 0 Å². The average Bonchev–Trinajstić information content (AvgIpc) is 2.63. The minimum absolute atomic E-state index is 0.0634. The molecule has 0 saturated heterocycles. The molecular weight excluding hydrogens is 251 g/mol. The molecule has 0 aromatic carbocycles. The standard InChI is InChI=1S/C10H16F3N3O2/c1-6(2)3-7(14)9-15-8(16-18-9)4-17-5-10(11,12)13/h6-7H,3-5,14H2,1-2H3. The van der Waals surface area contributed by atoms with Crippen LogP contribution < -0.4 is 5.73 Å². The van der Waals surface area contributed by atoms with Gasteiger partial charge in [0.25, 0.3) is 0 Å². The van der Waals surface area contributed by atoms with Crippen molar-refractivity contribution < 1.29 is 22.4 Å². The lowest BCUT2D eigenvalue weighted by atomic mass is 10.0. The van der Waals surface area contributed by atoms with Crippen molar-refractivity contribution in [3.8, 4) is 0 Å². The molecule has 0 aliphatic heterocycles. The fourth-order valence-corrected chi connectivity index (χ4v) is 1.34. The molecule has 104 valence electrons. The number of nitrogens with two attached hydrogens (primary N) is 1. The van der Waals surface area contributed by atoms with Gasteiger partial charge in [-0.05, 0) is 12.3 Å². The number of halogens is 3. The van der Waals surface area contributed by atoms with Crippen LogP contribution in [-0.2, 0) is 11.3 Å². The molecule has 1 rings (SSSR count). The molecule has 8 heteroatoms. The summed E-state index contributed by atoms with van der Waals surface area (Å²) >= 11 is 0. The Morgan fingerprint density at radius 2 is 2.06 bits per heavy atom. The molecular formula is C10H16F3N3O2. The van der Waals surface area contributed by atoms with E-state index in [0.29, 0.717) is 12.3 Å². The zero-order chi connectivity index (χ0) is 13.8. The summed E-state index contributed by atoms with van der Waals surface area (Å²) in [6.45, 7) is 2.29. The van der Waals surface area contributed by atoms with E-state index in [0.717, 1.165) is 0 Å². The predicted molar refractivity (Wildman–Crippen MR) is 56.4 cm³/mol. The van der Waals surface area contributed by atoms with Crippen molar-refractivity contribution in [2.24, 2.45) is 11.7 Å². The van der Waals surface area contributed by atoms with Crippen LogP contribution in [0.3, 0.4) is 0 Å². The lowest BCUT2D eigenvalue weighted by molar-refractivity contribution is -0.177. The Bertz CT molecular complexity index is 365. The van der Waals surface area contributed by atoms with Crippen molar-refractivity contribution in [1.82, 2.24) is 10.1 Å². The van der Waals surface area contributed by atoms with Gasteiger partial charge in [0.1, 0.15) is 13.2 Å². The van der Waals surface area contributed by atoms with E-state index in [9.17, 15) is 13.2 Å². The second kappa shape index (κ2) is 6.14. The van der Waals surface area contributed by atoms with E-state index < -0.39 is 18.8 Å². The molecule has 2 N–H and O–H groups in total. The largest absolute Gasteiger partial charge is 0.411 e. The quantitative estimate of drug-likeness (QED) is 0.855. The first-order valence-corrected chi connectivity index (χ1v) is 5.50. The minimum Gasteiger partial charge on any atom is -0.364 e. The van der Waals surface area contributed by atoms with Gasteiger partial charge in [-0.15, -0.1) is 0 Å². The zero-order valence-electron chi connectivity index (χ0n) is 10.2. The van der Waals surface area contributed by atoms with Crippen molar-refractivity contribution >= 4 is 0 Å². The number of rotatable bonds is 6. The van der Waals surface area contributed by atoms with Crippen molar-refractivity contribution in [2.45, 2.75) is 39.1 Å². The lowest BCUT2D eigenvalue weighted by Gasteiger charge is -2.08. The van der Waals surface area contributed by atoms with Gasteiger partial charge in [-0.25, -0.2) is 0 Å². The molecule has 18 heavy (non-hydrogen) atoms. The average molecular weight is 267 g/mol. The van der Waals surface area contributed by atoms with Gasteiger partial charge in [-0.3, -0.25) is 0 Å². The predicted octanol–water partition coefficient (Wildman–Crippen LogP) is 2.19. The van der Waals surface area contributed by atoms with Crippen LogP contribution >= 0.6 is 0 Å². The van der Waals surface area contributed by atoms with Crippen LogP contribution in [0.15, 0.2) is 4.52 Å². The third-order valence-corrected chi connectivity index (χ3v) is 2.02. The molecule has 0 saturated carbocycles. The van der Waals surface area contributed by atoms with Crippen molar-refractivity contribution in [3.63, 3.8) is 0 Å². The SMILES string of the molecule is CC(C)CC(N)c1nc(COCC(F)(F)F)no1. The van der Waals surface area contributed by atoms with E-state index >= 15 is 0 Å². The number of alkyl halides is 3. The molecule has 0 aliphatic carbocycles. The first-order valence-electron chi connectivity index (χ1n) is 5.50. The summed E-state index contributed by atoms with van der Waals surface area (Å²) in [4.78, 5) is 3.89. The van der Waals surface area contributed by atoms with Crippen LogP contribution in [0.4, 0.5) is 13.2 Å². The van der Waals surface area contributed by atoms with E-state index in [2.05, 4.69) is 14.9 Å². The highest BCUT2D eigenvalue weighted by Crippen LogP contribution is 2.18. The molecule has 1 heterocycles. The van der Waals surface area contributed by atoms with E-state index in [1.54, 1.807) is 0 Å². The van der Waals surface area contributed by atoms with E-state index in [1.807, 2.05) is 13.8 Å². The summed E-state index contributed by atoms with van der Waals surface area (Å²) in [6, 6.07) is -0.408. The van der Waals surface area contributed by atoms with E-state index in [4.69, 9.17) is 10.3 Å². The summed E-state index contributed by atoms with van der Waals surface area (Å²) in [6.07, 6.45) is -3.70. The van der Waals surface area contributed by atoms with Crippen LogP contribution in [-0.4, -0.2) is 22.9 Å². The summed E-state index contributed by atoms with van der Waals surface area (Å²) in [5, 5.41) is 3.51. The number of nitrogens with zero attached hydrogens (tertiary/aromatic N) is 2. The molecule has 0 aliphatic rings. The van der Waals surface area contributed by atoms with Crippen molar-refractivity contribution in [1.29, 1.82) is 0 Å². The molecule has 0 radical (unpaired) electrons. The van der Waals surface area contributed by atoms with Gasteiger partial charge >= 0.3 is 6.18 Å². The second-order valence-electron chi connectivity index (χ2n) is 4.39. The molecule has 0 spiro atoms. The molecule has 0 fully saturated rings. The number of aromatic nitrogens is 2. The first-order chi connectivity index (χ1) is 8.28. The Morgan fingerprint density at radius 1 is 1.39 bits per heavy atom. The van der Waals surface area contributed by atoms with Gasteiger partial charge in [-0.2, -0.15) is 18.2 Å². The summed E-state index contributed by atoms with van der Waals surface area (Å²) in [7, 11) is 0. The van der Waals surface area contributed by atoms with Crippen LogP contribution in [0.2, 0.25) is 0 Å². The molecule has 1 aromatic heterocycles. The minimum atomic E-state index is -4.36. The maximum atomic E-state index is 11.8. The Hall–Kier alpha value is -1.15. The van der Waals surface area contributed by atoms with Gasteiger partial charge in [0.05, 0.1) is 6.04 Å². The maximum Gasteiger partial charge on any atom is 0.411 e. The number of hydrogen-bond acceptors (Lipinski definition) is 5. The summed E-state index contributed by atoms with van der Waals surface area (Å²) in [5.41, 5.74) is 5.79. The highest BCUT2D eigenvalue weighted by Gasteiger charge is 2.27. The second-order valence-corrected chi connectivity index (χ2v) is 4.39. The highest BCUT2D eigenvalue weighted by molar-refractivity contribution is 4.91. The molecule has 0 amide bonds. The van der Waals surface area contributed by atoms with Crippen molar-refractivity contribution in [2.75, 3.05) is 6.61 Å². The molecule has 1 unspecified atom stereocenters. The monoisotopic (exact) mass is 267 g/mol. The summed E-state index contributed by atoms with van der Waals surface area (Å²) < 4.78 is 44.7. The molecule has 5 nitrogen and oxygen atoms in total. The third kappa shape index (κ3) is 5.46. The molecule has 1 aromatic rings. The smallest absolute Gasteiger partial charge is 0.364 e. The third-order valence-electron chi connectivity index (χ3n) is 2.02. The Labute approximate surface area is 102 Å². The van der Waals surface area contributed by atoms with E-state index in [-0.39, 0.29) is 18.3 Å². The number of hydrogen-bond donors (Lipinski definition) is 1. The maximum absolute atomic E-state index is 11.8. The molecule has 0 bridgehead atoms. The van der Waals surface area contributed by atoms with Crippen molar-refractivity contribution in [3.05, 3.63) is 11.7 Å². The van der Waals surface area contributed by atoms with Crippen LogP contribution in [0.25, 0.3) is 0 Å². The Morgan fingerprint density at radius 3 is 2.61 bits per heavy atom. The fraction of sp³-hybridized carbons (Fsp3) is 0.800. The van der Waals surface area contributed by atoms with Gasteiger partial charge < -0.3 is 15.0 Å².